The van der Waals surface area contributed by atoms with Crippen molar-refractivity contribution >= 4 is 11.5 Å². The van der Waals surface area contributed by atoms with Gasteiger partial charge in [-0.1, -0.05) is 13.8 Å². The topological polar surface area (TPSA) is 43.6 Å². The molecule has 4 nitrogen and oxygen atoms in total. The van der Waals surface area contributed by atoms with E-state index < -0.39 is 0 Å². The van der Waals surface area contributed by atoms with E-state index in [1.807, 2.05) is 11.4 Å². The lowest BCUT2D eigenvalue weighted by molar-refractivity contribution is 0.707. The van der Waals surface area contributed by atoms with Crippen molar-refractivity contribution in [2.45, 2.75) is 19.8 Å². The molecule has 0 radical (unpaired) electrons. The standard InChI is InChI=1S/C8H10N4S/c1-6(2)8-9-5-10-12(8)7-3-4-13-11-7/h3-6H,1-2H3. The number of hydrogen-bond donors (Lipinski definition) is 0. The highest BCUT2D eigenvalue weighted by molar-refractivity contribution is 7.03. The van der Waals surface area contributed by atoms with Crippen molar-refractivity contribution in [1.82, 2.24) is 19.1 Å². The lowest BCUT2D eigenvalue weighted by Gasteiger charge is -2.04. The first-order valence-corrected chi connectivity index (χ1v) is 4.93. The van der Waals surface area contributed by atoms with Crippen molar-refractivity contribution in [2.24, 2.45) is 0 Å². The highest BCUT2D eigenvalue weighted by atomic mass is 32.1. The molecule has 5 heteroatoms. The largest absolute Gasteiger partial charge is 0.219 e. The molecule has 0 aliphatic heterocycles. The first-order chi connectivity index (χ1) is 6.29. The lowest BCUT2D eigenvalue weighted by Crippen LogP contribution is -2.04. The molecule has 68 valence electrons. The Labute approximate surface area is 80.4 Å². The molecule has 2 heterocycles. The van der Waals surface area contributed by atoms with Crippen LogP contribution >= 0.6 is 11.5 Å². The highest BCUT2D eigenvalue weighted by Gasteiger charge is 2.10. The average Bonchev–Trinajstić information content (AvgIpc) is 2.74. The normalized spacial score (nSPS) is 11.0. The Balaban J connectivity index is 2.46. The Bertz CT molecular complexity index is 377. The molecule has 0 saturated carbocycles. The zero-order valence-electron chi connectivity index (χ0n) is 7.51. The summed E-state index contributed by atoms with van der Waals surface area (Å²) in [5, 5.41) is 6.06. The van der Waals surface area contributed by atoms with Crippen molar-refractivity contribution in [2.75, 3.05) is 0 Å². The van der Waals surface area contributed by atoms with Gasteiger partial charge in [0, 0.05) is 11.3 Å². The average molecular weight is 194 g/mol. The van der Waals surface area contributed by atoms with Crippen LogP contribution in [-0.2, 0) is 0 Å². The molecule has 0 aromatic carbocycles. The quantitative estimate of drug-likeness (QED) is 0.732. The van der Waals surface area contributed by atoms with Gasteiger partial charge in [0.1, 0.15) is 12.2 Å². The first-order valence-electron chi connectivity index (χ1n) is 4.09. The molecular weight excluding hydrogens is 184 g/mol. The van der Waals surface area contributed by atoms with Crippen LogP contribution in [0.5, 0.6) is 0 Å². The minimum Gasteiger partial charge on any atom is -0.219 e. The zero-order valence-corrected chi connectivity index (χ0v) is 8.32. The predicted molar refractivity (Wildman–Crippen MR) is 51.1 cm³/mol. The van der Waals surface area contributed by atoms with Crippen molar-refractivity contribution in [3.05, 3.63) is 23.6 Å². The fourth-order valence-corrected chi connectivity index (χ4v) is 1.63. The van der Waals surface area contributed by atoms with Crippen LogP contribution in [0.15, 0.2) is 17.8 Å². The third kappa shape index (κ3) is 1.47. The highest BCUT2D eigenvalue weighted by Crippen LogP contribution is 2.14. The van der Waals surface area contributed by atoms with E-state index in [1.165, 1.54) is 11.5 Å². The SMILES string of the molecule is CC(C)c1ncnn1-c1ccsn1. The summed E-state index contributed by atoms with van der Waals surface area (Å²) in [5.74, 6) is 2.17. The third-order valence-corrected chi connectivity index (χ3v) is 2.28. The lowest BCUT2D eigenvalue weighted by atomic mass is 10.2. The van der Waals surface area contributed by atoms with Crippen LogP contribution in [0.25, 0.3) is 5.82 Å². The molecule has 0 fully saturated rings. The number of aromatic nitrogens is 4. The molecule has 2 aromatic rings. The number of nitrogens with zero attached hydrogens (tertiary/aromatic N) is 4. The Morgan fingerprint density at radius 2 is 2.31 bits per heavy atom. The van der Waals surface area contributed by atoms with E-state index in [0.717, 1.165) is 11.6 Å². The Kier molecular flexibility index (Phi) is 2.10. The smallest absolute Gasteiger partial charge is 0.168 e. The van der Waals surface area contributed by atoms with Crippen molar-refractivity contribution < 1.29 is 0 Å². The minimum atomic E-state index is 0.365. The molecule has 0 spiro atoms. The van der Waals surface area contributed by atoms with Gasteiger partial charge < -0.3 is 0 Å². The molecule has 0 unspecified atom stereocenters. The van der Waals surface area contributed by atoms with Gasteiger partial charge in [-0.2, -0.15) is 14.2 Å². The van der Waals surface area contributed by atoms with E-state index in [0.29, 0.717) is 5.92 Å². The first kappa shape index (κ1) is 8.37. The summed E-state index contributed by atoms with van der Waals surface area (Å²) in [6, 6.07) is 1.94. The van der Waals surface area contributed by atoms with Crippen LogP contribution < -0.4 is 0 Å². The molecule has 0 aliphatic carbocycles. The summed E-state index contributed by atoms with van der Waals surface area (Å²) in [4.78, 5) is 4.19. The summed E-state index contributed by atoms with van der Waals surface area (Å²) in [6.45, 7) is 4.18. The maximum absolute atomic E-state index is 4.20. The fourth-order valence-electron chi connectivity index (χ4n) is 1.14. The zero-order chi connectivity index (χ0) is 9.26. The van der Waals surface area contributed by atoms with E-state index in [-0.39, 0.29) is 0 Å². The van der Waals surface area contributed by atoms with Crippen LogP contribution in [0.3, 0.4) is 0 Å². The van der Waals surface area contributed by atoms with Crippen LogP contribution in [-0.4, -0.2) is 19.1 Å². The summed E-state index contributed by atoms with van der Waals surface area (Å²) in [7, 11) is 0. The van der Waals surface area contributed by atoms with Gasteiger partial charge in [0.25, 0.3) is 0 Å². The summed E-state index contributed by atoms with van der Waals surface area (Å²) >= 11 is 1.42. The van der Waals surface area contributed by atoms with Gasteiger partial charge in [-0.3, -0.25) is 0 Å². The van der Waals surface area contributed by atoms with Gasteiger partial charge in [0.15, 0.2) is 5.82 Å². The maximum atomic E-state index is 4.20. The van der Waals surface area contributed by atoms with Crippen molar-refractivity contribution in [3.8, 4) is 5.82 Å². The van der Waals surface area contributed by atoms with E-state index in [9.17, 15) is 0 Å². The van der Waals surface area contributed by atoms with Gasteiger partial charge in [-0.25, -0.2) is 4.98 Å². The third-order valence-electron chi connectivity index (χ3n) is 1.73. The summed E-state index contributed by atoms with van der Waals surface area (Å²) in [5.41, 5.74) is 0. The van der Waals surface area contributed by atoms with Crippen molar-refractivity contribution in [3.63, 3.8) is 0 Å². The second-order valence-corrected chi connectivity index (χ2v) is 3.71. The molecule has 0 atom stereocenters. The summed E-state index contributed by atoms with van der Waals surface area (Å²) < 4.78 is 5.98. The fraction of sp³-hybridized carbons (Fsp3) is 0.375. The molecule has 0 amide bonds. The van der Waals surface area contributed by atoms with Crippen LogP contribution in [0.2, 0.25) is 0 Å². The monoisotopic (exact) mass is 194 g/mol. The van der Waals surface area contributed by atoms with Gasteiger partial charge in [-0.15, -0.1) is 0 Å². The van der Waals surface area contributed by atoms with E-state index in [2.05, 4.69) is 28.3 Å². The molecular formula is C8H10N4S. The molecule has 0 bridgehead atoms. The second kappa shape index (κ2) is 3.26. The maximum Gasteiger partial charge on any atom is 0.168 e. The van der Waals surface area contributed by atoms with Crippen LogP contribution in [0.1, 0.15) is 25.6 Å². The van der Waals surface area contributed by atoms with Gasteiger partial charge >= 0.3 is 0 Å². The molecule has 13 heavy (non-hydrogen) atoms. The molecule has 0 saturated heterocycles. The van der Waals surface area contributed by atoms with Crippen LogP contribution in [0, 0.1) is 0 Å². The second-order valence-electron chi connectivity index (χ2n) is 3.04. The Morgan fingerprint density at radius 1 is 1.46 bits per heavy atom. The van der Waals surface area contributed by atoms with Gasteiger partial charge in [0.2, 0.25) is 0 Å². The molecule has 0 aliphatic rings. The van der Waals surface area contributed by atoms with E-state index in [4.69, 9.17) is 0 Å². The van der Waals surface area contributed by atoms with Gasteiger partial charge in [-0.05, 0) is 17.6 Å². The van der Waals surface area contributed by atoms with Crippen LogP contribution in [0.4, 0.5) is 0 Å². The number of hydrogen-bond acceptors (Lipinski definition) is 4. The Hall–Kier alpha value is -1.23. The summed E-state index contributed by atoms with van der Waals surface area (Å²) in [6.07, 6.45) is 1.56. The number of rotatable bonds is 2. The van der Waals surface area contributed by atoms with Crippen molar-refractivity contribution in [1.29, 1.82) is 0 Å². The molecule has 2 aromatic heterocycles. The van der Waals surface area contributed by atoms with E-state index in [1.54, 1.807) is 11.0 Å². The minimum absolute atomic E-state index is 0.365. The molecule has 0 N–H and O–H groups in total. The van der Waals surface area contributed by atoms with Gasteiger partial charge in [0.05, 0.1) is 0 Å². The predicted octanol–water partition coefficient (Wildman–Crippen LogP) is 1.85. The van der Waals surface area contributed by atoms with E-state index >= 15 is 0 Å². The Morgan fingerprint density at radius 3 is 2.92 bits per heavy atom. The molecule has 2 rings (SSSR count).